The van der Waals surface area contributed by atoms with Crippen molar-refractivity contribution in [3.05, 3.63) is 53.1 Å². The van der Waals surface area contributed by atoms with Crippen LogP contribution in [0.25, 0.3) is 0 Å². The zero-order chi connectivity index (χ0) is 24.3. The van der Waals surface area contributed by atoms with Crippen molar-refractivity contribution < 1.29 is 42.4 Å². The molecule has 0 aliphatic carbocycles. The number of carbonyl (C=O) groups is 2. The van der Waals surface area contributed by atoms with Crippen molar-refractivity contribution in [2.75, 3.05) is 6.61 Å². The molecule has 1 saturated heterocycles. The number of amides is 1. The van der Waals surface area contributed by atoms with Crippen molar-refractivity contribution >= 4 is 11.9 Å². The highest BCUT2D eigenvalue weighted by Gasteiger charge is 2.49. The van der Waals surface area contributed by atoms with Crippen LogP contribution in [-0.4, -0.2) is 42.0 Å². The molecule has 2 aromatic carbocycles. The maximum atomic E-state index is 13.5. The molecule has 3 aliphatic heterocycles. The zero-order valence-corrected chi connectivity index (χ0v) is 18.5. The van der Waals surface area contributed by atoms with Crippen molar-refractivity contribution in [2.45, 2.75) is 56.6 Å². The Kier molecular flexibility index (Phi) is 5.16. The Morgan fingerprint density at radius 1 is 1.06 bits per heavy atom. The van der Waals surface area contributed by atoms with Crippen molar-refractivity contribution in [2.24, 2.45) is 0 Å². The molecule has 0 spiro atoms. The van der Waals surface area contributed by atoms with Gasteiger partial charge in [0.2, 0.25) is 5.91 Å². The SMILES string of the molecule is C[C@H]1C[C@@H](NC(=O)[C@@]2(C)COc3cc4c(cc32)OC(F)(F)O4)C[C@@H](c2ccc(C(=O)O)cc2)O1. The molecule has 2 aromatic rings. The molecule has 2 N–H and O–H groups in total. The summed E-state index contributed by atoms with van der Waals surface area (Å²) in [4.78, 5) is 24.5. The van der Waals surface area contributed by atoms with Crippen LogP contribution < -0.4 is 19.5 Å². The van der Waals surface area contributed by atoms with Crippen LogP contribution in [0.4, 0.5) is 8.78 Å². The van der Waals surface area contributed by atoms with E-state index in [0.29, 0.717) is 24.2 Å². The van der Waals surface area contributed by atoms with Crippen LogP contribution in [0.3, 0.4) is 0 Å². The van der Waals surface area contributed by atoms with Gasteiger partial charge in [0.25, 0.3) is 0 Å². The average molecular weight is 475 g/mol. The Bertz CT molecular complexity index is 1150. The molecule has 10 heteroatoms. The topological polar surface area (TPSA) is 103 Å². The van der Waals surface area contributed by atoms with Gasteiger partial charge in [-0.3, -0.25) is 4.79 Å². The van der Waals surface area contributed by atoms with Crippen LogP contribution in [0.5, 0.6) is 17.2 Å². The van der Waals surface area contributed by atoms with Crippen LogP contribution >= 0.6 is 0 Å². The highest BCUT2D eigenvalue weighted by molar-refractivity contribution is 5.90. The number of hydrogen-bond acceptors (Lipinski definition) is 6. The molecule has 0 aromatic heterocycles. The molecule has 5 rings (SSSR count). The van der Waals surface area contributed by atoms with Gasteiger partial charge in [-0.1, -0.05) is 12.1 Å². The summed E-state index contributed by atoms with van der Waals surface area (Å²) in [7, 11) is 0. The van der Waals surface area contributed by atoms with Gasteiger partial charge >= 0.3 is 12.3 Å². The van der Waals surface area contributed by atoms with Gasteiger partial charge < -0.3 is 29.4 Å². The second-order valence-corrected chi connectivity index (χ2v) is 9.09. The highest BCUT2D eigenvalue weighted by Crippen LogP contribution is 2.50. The number of halogens is 2. The summed E-state index contributed by atoms with van der Waals surface area (Å²) in [5.74, 6) is -1.28. The Morgan fingerprint density at radius 3 is 2.41 bits per heavy atom. The molecule has 180 valence electrons. The Labute approximate surface area is 193 Å². The van der Waals surface area contributed by atoms with Gasteiger partial charge in [-0.2, -0.15) is 0 Å². The standard InChI is InChI=1S/C24H23F2NO7/c1-12-7-15(8-17(32-12)13-3-5-14(6-4-13)21(28)29)27-22(30)23(2)11-31-18-10-20-19(9-16(18)23)33-24(25,26)34-20/h3-6,9-10,12,15,17H,7-8,11H2,1-2H3,(H,27,30)(H,28,29)/t12-,15+,17-,23-/m0/s1. The summed E-state index contributed by atoms with van der Waals surface area (Å²) in [6.07, 6.45) is -3.12. The normalized spacial score (nSPS) is 28.6. The van der Waals surface area contributed by atoms with E-state index in [1.54, 1.807) is 19.1 Å². The fraction of sp³-hybridized carbons (Fsp3) is 0.417. The molecule has 1 fully saturated rings. The second kappa shape index (κ2) is 7.83. The number of ether oxygens (including phenoxy) is 4. The van der Waals surface area contributed by atoms with E-state index in [1.807, 2.05) is 6.92 Å². The third kappa shape index (κ3) is 3.91. The maximum Gasteiger partial charge on any atom is 0.586 e. The van der Waals surface area contributed by atoms with Gasteiger partial charge in [0.05, 0.1) is 17.8 Å². The first-order valence-electron chi connectivity index (χ1n) is 10.9. The Morgan fingerprint density at radius 2 is 1.74 bits per heavy atom. The molecule has 1 amide bonds. The number of carbonyl (C=O) groups excluding carboxylic acids is 1. The number of fused-ring (bicyclic) bond motifs is 2. The van der Waals surface area contributed by atoms with Gasteiger partial charge in [-0.15, -0.1) is 8.78 Å². The summed E-state index contributed by atoms with van der Waals surface area (Å²) < 4.78 is 47.6. The highest BCUT2D eigenvalue weighted by atomic mass is 19.3. The van der Waals surface area contributed by atoms with E-state index in [0.717, 1.165) is 5.56 Å². The van der Waals surface area contributed by atoms with E-state index >= 15 is 0 Å². The molecule has 0 bridgehead atoms. The quantitative estimate of drug-likeness (QED) is 0.694. The van der Waals surface area contributed by atoms with E-state index in [1.165, 1.54) is 24.3 Å². The van der Waals surface area contributed by atoms with E-state index in [4.69, 9.17) is 14.6 Å². The first-order chi connectivity index (χ1) is 16.0. The first-order valence-corrected chi connectivity index (χ1v) is 10.9. The van der Waals surface area contributed by atoms with Gasteiger partial charge in [0.15, 0.2) is 11.5 Å². The Balaban J connectivity index is 1.32. The number of benzene rings is 2. The third-order valence-corrected chi connectivity index (χ3v) is 6.49. The second-order valence-electron chi connectivity index (χ2n) is 9.09. The lowest BCUT2D eigenvalue weighted by Crippen LogP contribution is -2.50. The summed E-state index contributed by atoms with van der Waals surface area (Å²) >= 11 is 0. The zero-order valence-electron chi connectivity index (χ0n) is 18.5. The first kappa shape index (κ1) is 22.4. The van der Waals surface area contributed by atoms with Gasteiger partial charge in [-0.05, 0) is 50.5 Å². The Hall–Kier alpha value is -3.40. The van der Waals surface area contributed by atoms with Gasteiger partial charge in [0.1, 0.15) is 17.8 Å². The number of alkyl halides is 2. The van der Waals surface area contributed by atoms with Crippen LogP contribution in [0, 0.1) is 0 Å². The lowest BCUT2D eigenvalue weighted by Gasteiger charge is -2.36. The molecular formula is C24H23F2NO7. The number of aromatic carboxylic acids is 1. The summed E-state index contributed by atoms with van der Waals surface area (Å²) in [5, 5.41) is 12.2. The molecule has 8 nitrogen and oxygen atoms in total. The van der Waals surface area contributed by atoms with Crippen LogP contribution in [0.15, 0.2) is 36.4 Å². The molecule has 3 aliphatic rings. The number of carboxylic acids is 1. The molecule has 4 atom stereocenters. The van der Waals surface area contributed by atoms with Crippen molar-refractivity contribution in [3.8, 4) is 17.2 Å². The average Bonchev–Trinajstić information content (AvgIpc) is 3.26. The van der Waals surface area contributed by atoms with E-state index < -0.39 is 17.7 Å². The van der Waals surface area contributed by atoms with Crippen molar-refractivity contribution in [1.29, 1.82) is 0 Å². The van der Waals surface area contributed by atoms with Crippen LogP contribution in [-0.2, 0) is 14.9 Å². The predicted octanol–water partition coefficient (Wildman–Crippen LogP) is 3.78. The van der Waals surface area contributed by atoms with Crippen molar-refractivity contribution in [1.82, 2.24) is 5.32 Å². The van der Waals surface area contributed by atoms with Gasteiger partial charge in [0, 0.05) is 17.7 Å². The minimum Gasteiger partial charge on any atom is -0.492 e. The molecule has 3 heterocycles. The predicted molar refractivity (Wildman–Crippen MR) is 113 cm³/mol. The summed E-state index contributed by atoms with van der Waals surface area (Å²) in [6.45, 7) is 3.65. The van der Waals surface area contributed by atoms with E-state index in [-0.39, 0.29) is 47.8 Å². The van der Waals surface area contributed by atoms with Crippen LogP contribution in [0.1, 0.15) is 54.3 Å². The largest absolute Gasteiger partial charge is 0.586 e. The minimum absolute atomic E-state index is 0.0479. The number of carboxylic acid groups (broad SMARTS) is 1. The molecule has 0 unspecified atom stereocenters. The summed E-state index contributed by atoms with van der Waals surface area (Å²) in [6, 6.07) is 8.96. The molecular weight excluding hydrogens is 452 g/mol. The van der Waals surface area contributed by atoms with Crippen LogP contribution in [0.2, 0.25) is 0 Å². The lowest BCUT2D eigenvalue weighted by atomic mass is 9.82. The fourth-order valence-electron chi connectivity index (χ4n) is 4.68. The maximum absolute atomic E-state index is 13.5. The number of hydrogen-bond donors (Lipinski definition) is 2. The monoisotopic (exact) mass is 475 g/mol. The molecule has 34 heavy (non-hydrogen) atoms. The van der Waals surface area contributed by atoms with Crippen molar-refractivity contribution in [3.63, 3.8) is 0 Å². The fourth-order valence-corrected chi connectivity index (χ4v) is 4.68. The molecule has 0 radical (unpaired) electrons. The molecule has 0 saturated carbocycles. The third-order valence-electron chi connectivity index (χ3n) is 6.49. The van der Waals surface area contributed by atoms with Gasteiger partial charge in [-0.25, -0.2) is 4.79 Å². The number of nitrogens with one attached hydrogen (secondary N) is 1. The van der Waals surface area contributed by atoms with E-state index in [2.05, 4.69) is 14.8 Å². The summed E-state index contributed by atoms with van der Waals surface area (Å²) in [5.41, 5.74) is 0.353. The number of rotatable bonds is 4. The lowest BCUT2D eigenvalue weighted by molar-refractivity contribution is -0.286. The van der Waals surface area contributed by atoms with E-state index in [9.17, 15) is 18.4 Å². The smallest absolute Gasteiger partial charge is 0.492 e. The minimum atomic E-state index is -3.76.